The van der Waals surface area contributed by atoms with Crippen molar-refractivity contribution < 1.29 is 9.90 Å². The molecule has 0 aliphatic carbocycles. The Hall–Kier alpha value is -0.790. The Morgan fingerprint density at radius 1 is 1.42 bits per heavy atom. The number of rotatable bonds is 4. The van der Waals surface area contributed by atoms with E-state index in [1.54, 1.807) is 13.0 Å². The monoisotopic (exact) mass is 170 g/mol. The maximum Gasteiger partial charge on any atom is 0.331 e. The van der Waals surface area contributed by atoms with Crippen LogP contribution < -0.4 is 0 Å². The average Bonchev–Trinajstić information content (AvgIpc) is 1.85. The Morgan fingerprint density at radius 2 is 1.92 bits per heavy atom. The summed E-state index contributed by atoms with van der Waals surface area (Å²) >= 11 is 0. The molecule has 0 heterocycles. The van der Waals surface area contributed by atoms with Gasteiger partial charge in [-0.3, -0.25) is 0 Å². The topological polar surface area (TPSA) is 37.3 Å². The Kier molecular flexibility index (Phi) is 4.64. The van der Waals surface area contributed by atoms with Crippen LogP contribution in [0.1, 0.15) is 34.1 Å². The van der Waals surface area contributed by atoms with E-state index < -0.39 is 5.97 Å². The summed E-state index contributed by atoms with van der Waals surface area (Å²) in [5.41, 5.74) is 0.531. The normalized spacial score (nSPS) is 14.9. The highest BCUT2D eigenvalue weighted by Gasteiger charge is 2.15. The highest BCUT2D eigenvalue weighted by molar-refractivity contribution is 5.86. The van der Waals surface area contributed by atoms with Crippen molar-refractivity contribution in [2.45, 2.75) is 34.1 Å². The third-order valence-corrected chi connectivity index (χ3v) is 1.91. The Labute approximate surface area is 74.3 Å². The van der Waals surface area contributed by atoms with Crippen molar-refractivity contribution >= 4 is 5.97 Å². The Bertz CT molecular complexity index is 180. The van der Waals surface area contributed by atoms with Crippen LogP contribution in [0.2, 0.25) is 0 Å². The number of carboxylic acid groups (broad SMARTS) is 1. The van der Waals surface area contributed by atoms with E-state index in [2.05, 4.69) is 13.8 Å². The Morgan fingerprint density at radius 3 is 2.17 bits per heavy atom. The summed E-state index contributed by atoms with van der Waals surface area (Å²) in [6, 6.07) is 0. The fourth-order valence-corrected chi connectivity index (χ4v) is 1.45. The van der Waals surface area contributed by atoms with Gasteiger partial charge in [0.2, 0.25) is 0 Å². The van der Waals surface area contributed by atoms with Crippen molar-refractivity contribution in [2.24, 2.45) is 11.8 Å². The zero-order valence-corrected chi connectivity index (χ0v) is 8.29. The summed E-state index contributed by atoms with van der Waals surface area (Å²) in [6.07, 6.45) is 2.63. The van der Waals surface area contributed by atoms with E-state index >= 15 is 0 Å². The van der Waals surface area contributed by atoms with Gasteiger partial charge in [0.05, 0.1) is 0 Å². The smallest absolute Gasteiger partial charge is 0.331 e. The second kappa shape index (κ2) is 4.96. The van der Waals surface area contributed by atoms with Crippen LogP contribution in [0.25, 0.3) is 0 Å². The molecule has 0 saturated heterocycles. The molecule has 0 fully saturated rings. The molecule has 2 nitrogen and oxygen atoms in total. The van der Waals surface area contributed by atoms with Crippen molar-refractivity contribution in [3.8, 4) is 0 Å². The summed E-state index contributed by atoms with van der Waals surface area (Å²) in [6.45, 7) is 7.95. The van der Waals surface area contributed by atoms with Crippen molar-refractivity contribution in [2.75, 3.05) is 0 Å². The van der Waals surface area contributed by atoms with Gasteiger partial charge in [0.25, 0.3) is 0 Å². The quantitative estimate of drug-likeness (QED) is 0.659. The van der Waals surface area contributed by atoms with E-state index in [4.69, 9.17) is 5.11 Å². The fraction of sp³-hybridized carbons (Fsp3) is 0.700. The molecule has 2 heteroatoms. The van der Waals surface area contributed by atoms with Crippen LogP contribution in [0.5, 0.6) is 0 Å². The number of hydrogen-bond acceptors (Lipinski definition) is 1. The average molecular weight is 170 g/mol. The first kappa shape index (κ1) is 11.2. The Balaban J connectivity index is 4.24. The van der Waals surface area contributed by atoms with Crippen molar-refractivity contribution in [1.82, 2.24) is 0 Å². The summed E-state index contributed by atoms with van der Waals surface area (Å²) in [5, 5.41) is 8.79. The molecule has 70 valence electrons. The van der Waals surface area contributed by atoms with Gasteiger partial charge in [-0.05, 0) is 25.2 Å². The van der Waals surface area contributed by atoms with Gasteiger partial charge >= 0.3 is 5.97 Å². The van der Waals surface area contributed by atoms with Gasteiger partial charge in [-0.1, -0.05) is 26.8 Å². The van der Waals surface area contributed by atoms with Gasteiger partial charge in [-0.15, -0.1) is 0 Å². The number of carbonyl (C=O) groups is 1. The van der Waals surface area contributed by atoms with Gasteiger partial charge in [-0.25, -0.2) is 4.79 Å². The van der Waals surface area contributed by atoms with Crippen LogP contribution >= 0.6 is 0 Å². The number of aliphatic carboxylic acids is 1. The summed E-state index contributed by atoms with van der Waals surface area (Å²) in [5.74, 6) is -0.0764. The van der Waals surface area contributed by atoms with E-state index in [9.17, 15) is 4.79 Å². The lowest BCUT2D eigenvalue weighted by molar-refractivity contribution is -0.133. The minimum atomic E-state index is -0.786. The molecule has 0 aromatic rings. The first-order chi connectivity index (χ1) is 5.49. The van der Waals surface area contributed by atoms with Crippen LogP contribution in [-0.2, 0) is 4.79 Å². The van der Waals surface area contributed by atoms with Gasteiger partial charge < -0.3 is 5.11 Å². The minimum absolute atomic E-state index is 0.160. The molecule has 12 heavy (non-hydrogen) atoms. The zero-order chi connectivity index (χ0) is 9.72. The van der Waals surface area contributed by atoms with Gasteiger partial charge in [0.1, 0.15) is 0 Å². The molecular weight excluding hydrogens is 152 g/mol. The van der Waals surface area contributed by atoms with Gasteiger partial charge in [-0.2, -0.15) is 0 Å². The number of allylic oxidation sites excluding steroid dienone is 1. The predicted octanol–water partition coefficient (Wildman–Crippen LogP) is 2.70. The molecule has 0 aliphatic heterocycles. The molecule has 0 aromatic carbocycles. The highest BCUT2D eigenvalue weighted by atomic mass is 16.4. The maximum absolute atomic E-state index is 10.7. The molecule has 1 N–H and O–H groups in total. The SMILES string of the molecule is C/C=C(/C(=O)O)C(C)CC(C)C. The molecule has 0 amide bonds. The molecule has 1 atom stereocenters. The van der Waals surface area contributed by atoms with Crippen molar-refractivity contribution in [1.29, 1.82) is 0 Å². The molecule has 0 radical (unpaired) electrons. The first-order valence-electron chi connectivity index (χ1n) is 4.38. The standard InChI is InChI=1S/C10H18O2/c1-5-9(10(11)12)8(4)6-7(2)3/h5,7-8H,6H2,1-4H3,(H,11,12)/b9-5+. The lowest BCUT2D eigenvalue weighted by Crippen LogP contribution is -2.11. The molecule has 0 rings (SSSR count). The van der Waals surface area contributed by atoms with E-state index in [1.807, 2.05) is 6.92 Å². The summed E-state index contributed by atoms with van der Waals surface area (Å²) in [7, 11) is 0. The number of hydrogen-bond donors (Lipinski definition) is 1. The second-order valence-electron chi connectivity index (χ2n) is 3.58. The van der Waals surface area contributed by atoms with E-state index in [1.165, 1.54) is 0 Å². The molecule has 1 unspecified atom stereocenters. The lowest BCUT2D eigenvalue weighted by atomic mass is 9.92. The van der Waals surface area contributed by atoms with Crippen LogP contribution in [0.4, 0.5) is 0 Å². The van der Waals surface area contributed by atoms with Crippen LogP contribution in [0, 0.1) is 11.8 Å². The summed E-state index contributed by atoms with van der Waals surface area (Å²) < 4.78 is 0. The van der Waals surface area contributed by atoms with E-state index in [-0.39, 0.29) is 5.92 Å². The van der Waals surface area contributed by atoms with Crippen LogP contribution in [0.3, 0.4) is 0 Å². The molecule has 0 aromatic heterocycles. The second-order valence-corrected chi connectivity index (χ2v) is 3.58. The predicted molar refractivity (Wildman–Crippen MR) is 50.0 cm³/mol. The summed E-state index contributed by atoms with van der Waals surface area (Å²) in [4.78, 5) is 10.7. The third kappa shape index (κ3) is 3.56. The van der Waals surface area contributed by atoms with E-state index in [0.29, 0.717) is 11.5 Å². The molecule has 0 bridgehead atoms. The number of carboxylic acids is 1. The molecule has 0 spiro atoms. The highest BCUT2D eigenvalue weighted by Crippen LogP contribution is 2.19. The van der Waals surface area contributed by atoms with Crippen LogP contribution in [0.15, 0.2) is 11.6 Å². The van der Waals surface area contributed by atoms with Gasteiger partial charge in [0, 0.05) is 5.57 Å². The molecular formula is C10H18O2. The van der Waals surface area contributed by atoms with Crippen molar-refractivity contribution in [3.63, 3.8) is 0 Å². The fourth-order valence-electron chi connectivity index (χ4n) is 1.45. The minimum Gasteiger partial charge on any atom is -0.478 e. The maximum atomic E-state index is 10.7. The zero-order valence-electron chi connectivity index (χ0n) is 8.29. The van der Waals surface area contributed by atoms with Crippen LogP contribution in [-0.4, -0.2) is 11.1 Å². The largest absolute Gasteiger partial charge is 0.478 e. The molecule has 0 saturated carbocycles. The molecule has 0 aliphatic rings. The first-order valence-corrected chi connectivity index (χ1v) is 4.38. The van der Waals surface area contributed by atoms with Gasteiger partial charge in [0.15, 0.2) is 0 Å². The lowest BCUT2D eigenvalue weighted by Gasteiger charge is -2.14. The van der Waals surface area contributed by atoms with Crippen molar-refractivity contribution in [3.05, 3.63) is 11.6 Å². The van der Waals surface area contributed by atoms with E-state index in [0.717, 1.165) is 6.42 Å². The third-order valence-electron chi connectivity index (χ3n) is 1.91.